The zero-order valence-electron chi connectivity index (χ0n) is 22.8. The monoisotopic (exact) mass is 668 g/mol. The molecule has 0 radical (unpaired) electrons. The Morgan fingerprint density at radius 1 is 0.439 bits per heavy atom. The quantitative estimate of drug-likeness (QED) is 0.0561. The van der Waals surface area contributed by atoms with Crippen LogP contribution >= 0.6 is 0 Å². The second-order valence-electron chi connectivity index (χ2n) is 9.03. The first-order valence-corrected chi connectivity index (χ1v) is 15.7. The first kappa shape index (κ1) is 47.1. The van der Waals surface area contributed by atoms with Gasteiger partial charge in [-0.25, -0.2) is 30.7 Å². The zero-order chi connectivity index (χ0) is 30.6. The third kappa shape index (κ3) is 27.7. The summed E-state index contributed by atoms with van der Waals surface area (Å²) in [4.78, 5) is 0. The molecule has 0 aromatic heterocycles. The van der Waals surface area contributed by atoms with Gasteiger partial charge < -0.3 is 12.3 Å². The summed E-state index contributed by atoms with van der Waals surface area (Å²) >= 11 is 0. The van der Waals surface area contributed by atoms with Gasteiger partial charge in [0.25, 0.3) is 20.2 Å². The Labute approximate surface area is 236 Å². The van der Waals surface area contributed by atoms with E-state index in [0.29, 0.717) is 25.7 Å². The summed E-state index contributed by atoms with van der Waals surface area (Å²) < 4.78 is 173. The van der Waals surface area contributed by atoms with Crippen LogP contribution < -0.4 is 12.3 Å². The Morgan fingerprint density at radius 2 is 0.707 bits per heavy atom. The molecular formula is C22H45F9N2O6S2. The lowest BCUT2D eigenvalue weighted by molar-refractivity contribution is 0.0354. The first-order chi connectivity index (χ1) is 18.0. The Balaban J connectivity index is -0.000000319. The van der Waals surface area contributed by atoms with Crippen LogP contribution in [0.2, 0.25) is 0 Å². The minimum absolute atomic E-state index is 0. The van der Waals surface area contributed by atoms with Crippen molar-refractivity contribution in [3.63, 3.8) is 0 Å². The van der Waals surface area contributed by atoms with Crippen molar-refractivity contribution in [2.75, 3.05) is 24.9 Å². The normalized spacial score (nSPS) is 17.0. The van der Waals surface area contributed by atoms with Crippen molar-refractivity contribution in [2.24, 2.45) is 0 Å². The molecule has 7 unspecified atom stereocenters. The number of alkyl halides is 9. The van der Waals surface area contributed by atoms with E-state index >= 15 is 0 Å². The van der Waals surface area contributed by atoms with Crippen molar-refractivity contribution in [1.29, 1.82) is 0 Å². The molecule has 19 heteroatoms. The average Bonchev–Trinajstić information content (AvgIpc) is 2.82. The van der Waals surface area contributed by atoms with Gasteiger partial charge in [-0.15, -0.1) is 0 Å². The van der Waals surface area contributed by atoms with E-state index < -0.39 is 88.0 Å². The number of unbranched alkanes of at least 4 members (excludes halogenated alkanes) is 7. The highest BCUT2D eigenvalue weighted by atomic mass is 32.2. The Morgan fingerprint density at radius 3 is 1.07 bits per heavy atom. The summed E-state index contributed by atoms with van der Waals surface area (Å²) in [6.07, 6.45) is -14.3. The fraction of sp³-hybridized carbons (Fsp3) is 1.00. The molecule has 0 spiro atoms. The molecule has 0 rings (SSSR count). The molecule has 0 heterocycles. The molecule has 0 saturated heterocycles. The van der Waals surface area contributed by atoms with Gasteiger partial charge in [0.15, 0.2) is 30.9 Å². The SMILES string of the molecule is N.N.O=S(=O)(O)CC(F)C(F)C(F)C(F)CCCCCF.O=S(=O)(O)CC(F)C(F)C(F)CCCCCCCCF. The van der Waals surface area contributed by atoms with E-state index in [9.17, 15) is 56.3 Å². The average molecular weight is 669 g/mol. The number of hydrogen-bond acceptors (Lipinski definition) is 6. The Bertz CT molecular complexity index is 819. The molecule has 254 valence electrons. The molecule has 0 aliphatic rings. The van der Waals surface area contributed by atoms with Crippen LogP contribution in [0.4, 0.5) is 39.5 Å². The molecule has 0 aromatic carbocycles. The molecule has 0 bridgehead atoms. The van der Waals surface area contributed by atoms with Crippen LogP contribution in [0.3, 0.4) is 0 Å². The van der Waals surface area contributed by atoms with E-state index in [2.05, 4.69) is 0 Å². The van der Waals surface area contributed by atoms with Crippen molar-refractivity contribution >= 4 is 20.2 Å². The van der Waals surface area contributed by atoms with E-state index in [0.717, 1.165) is 19.3 Å². The Kier molecular flexibility index (Phi) is 29.4. The van der Waals surface area contributed by atoms with E-state index in [1.165, 1.54) is 0 Å². The van der Waals surface area contributed by atoms with Gasteiger partial charge >= 0.3 is 0 Å². The smallest absolute Gasteiger partial charge is 0.267 e. The predicted octanol–water partition coefficient (Wildman–Crippen LogP) is 6.67. The Hall–Kier alpha value is -0.890. The summed E-state index contributed by atoms with van der Waals surface area (Å²) in [6.45, 7) is -0.954. The highest BCUT2D eigenvalue weighted by Gasteiger charge is 2.37. The largest absolute Gasteiger partial charge is 0.344 e. The van der Waals surface area contributed by atoms with Gasteiger partial charge in [0.1, 0.15) is 23.8 Å². The van der Waals surface area contributed by atoms with E-state index in [4.69, 9.17) is 9.11 Å². The van der Waals surface area contributed by atoms with Crippen molar-refractivity contribution in [3.8, 4) is 0 Å². The molecule has 0 aliphatic carbocycles. The second-order valence-corrected chi connectivity index (χ2v) is 12.0. The lowest BCUT2D eigenvalue weighted by Gasteiger charge is -2.19. The highest BCUT2D eigenvalue weighted by Crippen LogP contribution is 2.22. The second kappa shape index (κ2) is 25.6. The molecular weight excluding hydrogens is 623 g/mol. The highest BCUT2D eigenvalue weighted by molar-refractivity contribution is 7.86. The minimum Gasteiger partial charge on any atom is -0.344 e. The van der Waals surface area contributed by atoms with Gasteiger partial charge in [0.05, 0.1) is 13.3 Å². The van der Waals surface area contributed by atoms with Crippen molar-refractivity contribution < 1.29 is 65.5 Å². The van der Waals surface area contributed by atoms with Crippen LogP contribution in [-0.2, 0) is 20.2 Å². The minimum atomic E-state index is -4.80. The fourth-order valence-electron chi connectivity index (χ4n) is 3.28. The number of hydrogen-bond donors (Lipinski definition) is 4. The molecule has 0 fully saturated rings. The summed E-state index contributed by atoms with van der Waals surface area (Å²) in [6, 6.07) is 0. The van der Waals surface area contributed by atoms with Crippen LogP contribution in [0.5, 0.6) is 0 Å². The standard InChI is InChI=1S/C12H22F4O3S.C10H17F5O3S.2H3N/c13-8-6-4-2-1-3-5-7-10(14)12(16)11(15)9-20(17,18)19;11-5-3-1-2-4-7(12)9(14)10(15)8(13)6-19(16,17)18;;/h10-12H,1-9H2,(H,17,18,19);7-10H,1-6H2,(H,16,17,18);2*1H3. The van der Waals surface area contributed by atoms with Crippen molar-refractivity contribution in [3.05, 3.63) is 0 Å². The molecule has 7 atom stereocenters. The van der Waals surface area contributed by atoms with Crippen LogP contribution in [0.15, 0.2) is 0 Å². The van der Waals surface area contributed by atoms with Gasteiger partial charge in [-0.05, 0) is 25.7 Å². The van der Waals surface area contributed by atoms with Crippen molar-refractivity contribution in [1.82, 2.24) is 12.3 Å². The molecule has 0 aliphatic heterocycles. The third-order valence-electron chi connectivity index (χ3n) is 5.40. The first-order valence-electron chi connectivity index (χ1n) is 12.5. The van der Waals surface area contributed by atoms with Crippen LogP contribution in [0, 0.1) is 0 Å². The molecule has 0 amide bonds. The number of halogens is 9. The molecule has 8 nitrogen and oxygen atoms in total. The summed E-state index contributed by atoms with van der Waals surface area (Å²) in [5.74, 6) is -3.05. The van der Waals surface area contributed by atoms with Gasteiger partial charge in [-0.2, -0.15) is 16.8 Å². The summed E-state index contributed by atoms with van der Waals surface area (Å²) in [7, 11) is -9.45. The van der Waals surface area contributed by atoms with Crippen molar-refractivity contribution in [2.45, 2.75) is 114 Å². The van der Waals surface area contributed by atoms with Gasteiger partial charge in [0, 0.05) is 0 Å². The zero-order valence-corrected chi connectivity index (χ0v) is 24.4. The maximum atomic E-state index is 13.3. The topological polar surface area (TPSA) is 179 Å². The lowest BCUT2D eigenvalue weighted by Crippen LogP contribution is -2.38. The molecule has 0 saturated carbocycles. The summed E-state index contributed by atoms with van der Waals surface area (Å²) in [5, 5.41) is 0. The van der Waals surface area contributed by atoms with Gasteiger partial charge in [-0.1, -0.05) is 44.9 Å². The van der Waals surface area contributed by atoms with E-state index in [-0.39, 0.29) is 38.2 Å². The van der Waals surface area contributed by atoms with E-state index in [1.807, 2.05) is 0 Å². The number of rotatable bonds is 22. The molecule has 0 aromatic rings. The van der Waals surface area contributed by atoms with Crippen LogP contribution in [-0.4, -0.2) is 94.0 Å². The molecule has 41 heavy (non-hydrogen) atoms. The third-order valence-corrected chi connectivity index (χ3v) is 6.88. The molecule has 8 N–H and O–H groups in total. The van der Waals surface area contributed by atoms with Gasteiger partial charge in [0.2, 0.25) is 0 Å². The van der Waals surface area contributed by atoms with Crippen LogP contribution in [0.25, 0.3) is 0 Å². The van der Waals surface area contributed by atoms with E-state index in [1.54, 1.807) is 0 Å². The maximum absolute atomic E-state index is 13.3. The maximum Gasteiger partial charge on any atom is 0.267 e. The summed E-state index contributed by atoms with van der Waals surface area (Å²) in [5.41, 5.74) is 0. The fourth-order valence-corrected chi connectivity index (χ4v) is 4.45. The van der Waals surface area contributed by atoms with Gasteiger partial charge in [-0.3, -0.25) is 17.9 Å². The van der Waals surface area contributed by atoms with Crippen LogP contribution in [0.1, 0.15) is 70.6 Å². The predicted molar refractivity (Wildman–Crippen MR) is 140 cm³/mol. The lowest BCUT2D eigenvalue weighted by atomic mass is 10.0.